The van der Waals surface area contributed by atoms with Crippen LogP contribution in [-0.4, -0.2) is 24.6 Å². The second-order valence-electron chi connectivity index (χ2n) is 9.59. The Hall–Kier alpha value is -3.21. The lowest BCUT2D eigenvalue weighted by Crippen LogP contribution is -2.34. The van der Waals surface area contributed by atoms with E-state index in [1.165, 1.54) is 57.8 Å². The number of nitrogens with one attached hydrogen (secondary N) is 2. The highest BCUT2D eigenvalue weighted by Gasteiger charge is 2.07. The molecular formula is C31H41N3O2. The highest BCUT2D eigenvalue weighted by Crippen LogP contribution is 2.27. The summed E-state index contributed by atoms with van der Waals surface area (Å²) in [4.78, 5) is 24.3. The summed E-state index contributed by atoms with van der Waals surface area (Å²) >= 11 is 0. The molecule has 0 fully saturated rings. The minimum absolute atomic E-state index is 0.0650. The number of fused-ring (bicyclic) bond motifs is 2. The van der Waals surface area contributed by atoms with Gasteiger partial charge in [-0.3, -0.25) is 9.59 Å². The molecule has 0 aliphatic heterocycles. The molecule has 2 N–H and O–H groups in total. The van der Waals surface area contributed by atoms with Crippen molar-refractivity contribution in [3.8, 4) is 0 Å². The summed E-state index contributed by atoms with van der Waals surface area (Å²) in [5, 5.41) is 11.3. The summed E-state index contributed by atoms with van der Waals surface area (Å²) in [5.41, 5.74) is 3.51. The lowest BCUT2D eigenvalue weighted by atomic mass is 9.97. The summed E-state index contributed by atoms with van der Waals surface area (Å²) in [6, 6.07) is 18.4. The van der Waals surface area contributed by atoms with Gasteiger partial charge in [0, 0.05) is 12.0 Å². The Morgan fingerprint density at radius 3 is 1.83 bits per heavy atom. The minimum atomic E-state index is -0.330. The van der Waals surface area contributed by atoms with Crippen molar-refractivity contribution in [1.29, 1.82) is 0 Å². The lowest BCUT2D eigenvalue weighted by molar-refractivity contribution is -0.126. The monoisotopic (exact) mass is 487 g/mol. The van der Waals surface area contributed by atoms with E-state index in [9.17, 15) is 9.59 Å². The Morgan fingerprint density at radius 2 is 1.25 bits per heavy atom. The van der Waals surface area contributed by atoms with Gasteiger partial charge in [-0.25, -0.2) is 5.43 Å². The zero-order valence-corrected chi connectivity index (χ0v) is 21.7. The normalized spacial score (nSPS) is 11.4. The molecule has 0 unspecified atom stereocenters. The van der Waals surface area contributed by atoms with Crippen LogP contribution < -0.4 is 10.7 Å². The number of benzene rings is 3. The quantitative estimate of drug-likeness (QED) is 0.0966. The minimum Gasteiger partial charge on any atom is -0.347 e. The molecule has 0 radical (unpaired) electrons. The topological polar surface area (TPSA) is 70.6 Å². The van der Waals surface area contributed by atoms with Gasteiger partial charge in [-0.2, -0.15) is 5.10 Å². The fourth-order valence-corrected chi connectivity index (χ4v) is 4.61. The van der Waals surface area contributed by atoms with Gasteiger partial charge in [-0.1, -0.05) is 120 Å². The first-order chi connectivity index (χ1) is 17.7. The molecule has 0 aliphatic carbocycles. The second-order valence-corrected chi connectivity index (χ2v) is 9.59. The van der Waals surface area contributed by atoms with Gasteiger partial charge in [0.15, 0.2) is 0 Å². The van der Waals surface area contributed by atoms with Crippen LogP contribution in [0.3, 0.4) is 0 Å². The maximum atomic E-state index is 12.2. The highest BCUT2D eigenvalue weighted by molar-refractivity contribution is 6.13. The van der Waals surface area contributed by atoms with E-state index in [-0.39, 0.29) is 18.4 Å². The van der Waals surface area contributed by atoms with Crippen LogP contribution >= 0.6 is 0 Å². The van der Waals surface area contributed by atoms with Crippen LogP contribution in [0, 0.1) is 0 Å². The van der Waals surface area contributed by atoms with Gasteiger partial charge in [0.25, 0.3) is 5.91 Å². The average Bonchev–Trinajstić information content (AvgIpc) is 2.90. The molecule has 192 valence electrons. The smallest absolute Gasteiger partial charge is 0.259 e. The van der Waals surface area contributed by atoms with Crippen LogP contribution in [0.5, 0.6) is 0 Å². The molecule has 3 aromatic rings. The third kappa shape index (κ3) is 9.10. The van der Waals surface area contributed by atoms with Crippen molar-refractivity contribution >= 4 is 39.6 Å². The van der Waals surface area contributed by atoms with E-state index in [0.717, 1.165) is 39.9 Å². The summed E-state index contributed by atoms with van der Waals surface area (Å²) < 4.78 is 0. The highest BCUT2D eigenvalue weighted by atomic mass is 16.2. The van der Waals surface area contributed by atoms with Gasteiger partial charge >= 0.3 is 0 Å². The molecule has 0 heterocycles. The third-order valence-electron chi connectivity index (χ3n) is 6.65. The van der Waals surface area contributed by atoms with Gasteiger partial charge in [0.05, 0.1) is 12.8 Å². The lowest BCUT2D eigenvalue weighted by Gasteiger charge is -2.08. The zero-order valence-electron chi connectivity index (χ0n) is 21.7. The van der Waals surface area contributed by atoms with Gasteiger partial charge in [-0.05, 0) is 34.0 Å². The molecule has 36 heavy (non-hydrogen) atoms. The van der Waals surface area contributed by atoms with E-state index >= 15 is 0 Å². The number of amides is 2. The summed E-state index contributed by atoms with van der Waals surface area (Å²) in [5.74, 6) is -0.409. The molecule has 0 saturated heterocycles. The first-order valence-corrected chi connectivity index (χ1v) is 13.7. The average molecular weight is 488 g/mol. The molecule has 0 saturated carbocycles. The van der Waals surface area contributed by atoms with Crippen LogP contribution in [0.4, 0.5) is 0 Å². The zero-order chi connectivity index (χ0) is 25.4. The maximum absolute atomic E-state index is 12.2. The van der Waals surface area contributed by atoms with Crippen LogP contribution in [0.1, 0.15) is 89.5 Å². The molecule has 0 atom stereocenters. The van der Waals surface area contributed by atoms with E-state index in [2.05, 4.69) is 53.1 Å². The van der Waals surface area contributed by atoms with Crippen LogP contribution in [0.25, 0.3) is 21.5 Å². The molecule has 0 bridgehead atoms. The summed E-state index contributed by atoms with van der Waals surface area (Å²) in [6.45, 7) is 2.18. The molecular weight excluding hydrogens is 446 g/mol. The van der Waals surface area contributed by atoms with Gasteiger partial charge in [-0.15, -0.1) is 0 Å². The first kappa shape index (κ1) is 27.4. The second kappa shape index (κ2) is 15.7. The maximum Gasteiger partial charge on any atom is 0.259 e. The van der Waals surface area contributed by atoms with Crippen LogP contribution in [-0.2, 0) is 9.59 Å². The molecule has 5 nitrogen and oxygen atoms in total. The number of hydrogen-bond donors (Lipinski definition) is 2. The molecule has 5 heteroatoms. The van der Waals surface area contributed by atoms with E-state index in [4.69, 9.17) is 0 Å². The molecule has 2 amide bonds. The van der Waals surface area contributed by atoms with Gasteiger partial charge in [0.2, 0.25) is 5.91 Å². The van der Waals surface area contributed by atoms with Crippen LogP contribution in [0.15, 0.2) is 59.7 Å². The number of rotatable bonds is 16. The summed E-state index contributed by atoms with van der Waals surface area (Å²) in [6.07, 6.45) is 15.9. The number of unbranched alkanes of at least 4 members (excludes halogenated alkanes) is 10. The summed E-state index contributed by atoms with van der Waals surface area (Å²) in [7, 11) is 0. The van der Waals surface area contributed by atoms with Crippen LogP contribution in [0.2, 0.25) is 0 Å². The van der Waals surface area contributed by atoms with E-state index in [1.807, 2.05) is 24.3 Å². The Kier molecular flexibility index (Phi) is 12.0. The van der Waals surface area contributed by atoms with E-state index < -0.39 is 0 Å². The number of nitrogens with zero attached hydrogens (tertiary/aromatic N) is 1. The standard InChI is InChI=1S/C31H41N3O2/c1-2-3-4-5-6-7-8-9-10-11-12-21-30(35)32-24-31(36)34-33-23-29-27-19-15-13-17-25(27)22-26-18-14-16-20-28(26)29/h13-20,22-23H,2-12,21,24H2,1H3,(H,32,35)(H,34,36). The molecule has 0 aromatic heterocycles. The van der Waals surface area contributed by atoms with Crippen molar-refractivity contribution in [2.24, 2.45) is 5.10 Å². The number of hydrazone groups is 1. The van der Waals surface area contributed by atoms with Crippen molar-refractivity contribution in [2.75, 3.05) is 6.54 Å². The largest absolute Gasteiger partial charge is 0.347 e. The Bertz CT molecular complexity index is 1090. The molecule has 0 aliphatic rings. The number of carbonyl (C=O) groups excluding carboxylic acids is 2. The predicted molar refractivity (Wildman–Crippen MR) is 151 cm³/mol. The van der Waals surface area contributed by atoms with Crippen molar-refractivity contribution in [1.82, 2.24) is 10.7 Å². The van der Waals surface area contributed by atoms with Crippen molar-refractivity contribution in [3.63, 3.8) is 0 Å². The van der Waals surface area contributed by atoms with E-state index in [1.54, 1.807) is 6.21 Å². The van der Waals surface area contributed by atoms with Gasteiger partial charge < -0.3 is 5.32 Å². The van der Waals surface area contributed by atoms with Crippen molar-refractivity contribution in [3.05, 3.63) is 60.2 Å². The first-order valence-electron chi connectivity index (χ1n) is 13.7. The Labute approximate surface area is 215 Å². The van der Waals surface area contributed by atoms with Crippen molar-refractivity contribution in [2.45, 2.75) is 84.0 Å². The molecule has 0 spiro atoms. The van der Waals surface area contributed by atoms with Gasteiger partial charge in [0.1, 0.15) is 0 Å². The predicted octanol–water partition coefficient (Wildman–Crippen LogP) is 7.26. The van der Waals surface area contributed by atoms with Crippen molar-refractivity contribution < 1.29 is 9.59 Å². The molecule has 3 rings (SSSR count). The fourth-order valence-electron chi connectivity index (χ4n) is 4.61. The third-order valence-corrected chi connectivity index (χ3v) is 6.65. The SMILES string of the molecule is CCCCCCCCCCCCCC(=O)NCC(=O)NN=Cc1c2ccccc2cc2ccccc12. The molecule has 3 aromatic carbocycles. The number of hydrogen-bond acceptors (Lipinski definition) is 3. The Morgan fingerprint density at radius 1 is 0.722 bits per heavy atom. The number of carbonyl (C=O) groups is 2. The van der Waals surface area contributed by atoms with E-state index in [0.29, 0.717) is 6.42 Å². The Balaban J connectivity index is 1.33. The fraction of sp³-hybridized carbons (Fsp3) is 0.452.